The average Bonchev–Trinajstić information content (AvgIpc) is 2.70. The Kier molecular flexibility index (Phi) is 7.28. The van der Waals surface area contributed by atoms with Crippen molar-refractivity contribution < 1.29 is 14.6 Å². The van der Waals surface area contributed by atoms with Crippen molar-refractivity contribution in [1.82, 2.24) is 4.90 Å². The van der Waals surface area contributed by atoms with Crippen LogP contribution in [0.25, 0.3) is 0 Å². The van der Waals surface area contributed by atoms with Gasteiger partial charge >= 0.3 is 0 Å². The van der Waals surface area contributed by atoms with Gasteiger partial charge in [-0.2, -0.15) is 0 Å². The van der Waals surface area contributed by atoms with Crippen LogP contribution in [0.5, 0.6) is 0 Å². The molecule has 4 heteroatoms. The van der Waals surface area contributed by atoms with E-state index in [2.05, 4.69) is 6.92 Å². The lowest BCUT2D eigenvalue weighted by Gasteiger charge is -2.23. The van der Waals surface area contributed by atoms with Gasteiger partial charge in [-0.05, 0) is 12.8 Å². The molecule has 1 N–H and O–H groups in total. The van der Waals surface area contributed by atoms with Gasteiger partial charge in [-0.3, -0.25) is 4.79 Å². The van der Waals surface area contributed by atoms with E-state index in [1.165, 1.54) is 19.3 Å². The number of hydrogen-bond acceptors (Lipinski definition) is 3. The van der Waals surface area contributed by atoms with Gasteiger partial charge in [0.15, 0.2) is 0 Å². The summed E-state index contributed by atoms with van der Waals surface area (Å²) in [5.74, 6) is 0.171. The number of carbonyl (C=O) groups is 1. The summed E-state index contributed by atoms with van der Waals surface area (Å²) in [5, 5.41) is 9.64. The molecule has 1 heterocycles. The number of ether oxygens (including phenoxy) is 1. The molecular formula is C14H27NO3. The third kappa shape index (κ3) is 4.94. The maximum atomic E-state index is 12.1. The van der Waals surface area contributed by atoms with E-state index in [0.717, 1.165) is 12.8 Å². The summed E-state index contributed by atoms with van der Waals surface area (Å²) in [4.78, 5) is 13.9. The third-order valence-corrected chi connectivity index (χ3v) is 3.57. The summed E-state index contributed by atoms with van der Waals surface area (Å²) in [7, 11) is 1.64. The van der Waals surface area contributed by atoms with Crippen LogP contribution in [0, 0.1) is 0 Å². The van der Waals surface area contributed by atoms with E-state index in [-0.39, 0.29) is 18.1 Å². The van der Waals surface area contributed by atoms with Gasteiger partial charge in [0.2, 0.25) is 5.91 Å². The highest BCUT2D eigenvalue weighted by molar-refractivity contribution is 5.76. The van der Waals surface area contributed by atoms with Gasteiger partial charge in [0.25, 0.3) is 0 Å². The molecule has 1 fully saturated rings. The van der Waals surface area contributed by atoms with Crippen LogP contribution < -0.4 is 0 Å². The fraction of sp³-hybridized carbons (Fsp3) is 0.929. The molecule has 0 radical (unpaired) electrons. The number of aliphatic hydroxyl groups is 1. The van der Waals surface area contributed by atoms with Crippen LogP contribution in [0.15, 0.2) is 0 Å². The predicted molar refractivity (Wildman–Crippen MR) is 71.4 cm³/mol. The molecule has 1 rings (SSSR count). The molecular weight excluding hydrogens is 230 g/mol. The van der Waals surface area contributed by atoms with E-state index in [0.29, 0.717) is 26.0 Å². The molecule has 0 aromatic heterocycles. The molecule has 1 aliphatic rings. The monoisotopic (exact) mass is 257 g/mol. The van der Waals surface area contributed by atoms with Crippen molar-refractivity contribution >= 4 is 5.91 Å². The second kappa shape index (κ2) is 8.48. The Labute approximate surface area is 110 Å². The number of likely N-dealkylation sites (tertiary alicyclic amines) is 1. The van der Waals surface area contributed by atoms with Crippen LogP contribution in [0.2, 0.25) is 0 Å². The molecule has 0 spiro atoms. The molecule has 0 unspecified atom stereocenters. The van der Waals surface area contributed by atoms with E-state index < -0.39 is 0 Å². The highest BCUT2D eigenvalue weighted by atomic mass is 16.5. The van der Waals surface area contributed by atoms with Gasteiger partial charge in [0, 0.05) is 20.1 Å². The summed E-state index contributed by atoms with van der Waals surface area (Å²) in [6.45, 7) is 3.19. The number of hydrogen-bond donors (Lipinski definition) is 1. The highest BCUT2D eigenvalue weighted by Crippen LogP contribution is 2.20. The molecule has 18 heavy (non-hydrogen) atoms. The third-order valence-electron chi connectivity index (χ3n) is 3.57. The lowest BCUT2D eigenvalue weighted by atomic mass is 10.1. The number of aliphatic hydroxyl groups excluding tert-OH is 1. The van der Waals surface area contributed by atoms with Crippen LogP contribution in [0.3, 0.4) is 0 Å². The van der Waals surface area contributed by atoms with Crippen LogP contribution in [-0.2, 0) is 9.53 Å². The van der Waals surface area contributed by atoms with Gasteiger partial charge in [0.1, 0.15) is 0 Å². The molecule has 0 aliphatic carbocycles. The second-order valence-corrected chi connectivity index (χ2v) is 5.21. The summed E-state index contributed by atoms with van der Waals surface area (Å²) >= 11 is 0. The molecule has 0 aromatic carbocycles. The quantitative estimate of drug-likeness (QED) is 0.676. The standard InChI is InChI=1S/C14H27NO3/c1-3-4-5-6-7-8-14(17)15-10-13(16)9-12(15)11-18-2/h12-13,16H,3-11H2,1-2H3/t12-,13+/m0/s1. The number of nitrogens with zero attached hydrogens (tertiary/aromatic N) is 1. The fourth-order valence-electron chi connectivity index (χ4n) is 2.57. The van der Waals surface area contributed by atoms with Crippen LogP contribution in [0.1, 0.15) is 51.9 Å². The minimum absolute atomic E-state index is 0.0631. The number of methoxy groups -OCH3 is 1. The summed E-state index contributed by atoms with van der Waals surface area (Å²) in [5.41, 5.74) is 0. The molecule has 0 bridgehead atoms. The zero-order valence-corrected chi connectivity index (χ0v) is 11.7. The molecule has 2 atom stereocenters. The zero-order chi connectivity index (χ0) is 13.4. The van der Waals surface area contributed by atoms with Crippen molar-refractivity contribution in [3.8, 4) is 0 Å². The molecule has 4 nitrogen and oxygen atoms in total. The maximum Gasteiger partial charge on any atom is 0.222 e. The van der Waals surface area contributed by atoms with Crippen LogP contribution >= 0.6 is 0 Å². The van der Waals surface area contributed by atoms with Gasteiger partial charge in [-0.15, -0.1) is 0 Å². The van der Waals surface area contributed by atoms with Gasteiger partial charge in [-0.25, -0.2) is 0 Å². The van der Waals surface area contributed by atoms with E-state index in [4.69, 9.17) is 4.74 Å². The highest BCUT2D eigenvalue weighted by Gasteiger charge is 2.33. The van der Waals surface area contributed by atoms with E-state index in [1.54, 1.807) is 12.0 Å². The SMILES string of the molecule is CCCCCCCC(=O)N1C[C@H](O)C[C@H]1COC. The smallest absolute Gasteiger partial charge is 0.222 e. The maximum absolute atomic E-state index is 12.1. The molecule has 0 saturated carbocycles. The van der Waals surface area contributed by atoms with Gasteiger partial charge < -0.3 is 14.7 Å². The van der Waals surface area contributed by atoms with Crippen molar-refractivity contribution in [2.24, 2.45) is 0 Å². The number of rotatable bonds is 8. The first-order valence-electron chi connectivity index (χ1n) is 7.15. The van der Waals surface area contributed by atoms with E-state index in [9.17, 15) is 9.90 Å². The van der Waals surface area contributed by atoms with E-state index >= 15 is 0 Å². The first-order valence-corrected chi connectivity index (χ1v) is 7.15. The first-order chi connectivity index (χ1) is 8.69. The predicted octanol–water partition coefficient (Wildman–Crippen LogP) is 1.96. The van der Waals surface area contributed by atoms with Gasteiger partial charge in [0.05, 0.1) is 18.8 Å². The zero-order valence-electron chi connectivity index (χ0n) is 11.7. The number of β-amino-alcohol motifs (C(OH)–C–C–N with tert-alkyl or cyclic N) is 1. The van der Waals surface area contributed by atoms with Crippen molar-refractivity contribution in [2.45, 2.75) is 64.0 Å². The number of amides is 1. The average molecular weight is 257 g/mol. The minimum atomic E-state index is -0.380. The molecule has 1 saturated heterocycles. The molecule has 1 aliphatic heterocycles. The largest absolute Gasteiger partial charge is 0.391 e. The van der Waals surface area contributed by atoms with Crippen molar-refractivity contribution in [2.75, 3.05) is 20.3 Å². The lowest BCUT2D eigenvalue weighted by Crippen LogP contribution is -2.38. The molecule has 0 aromatic rings. The van der Waals surface area contributed by atoms with E-state index in [1.807, 2.05) is 0 Å². The topological polar surface area (TPSA) is 49.8 Å². The van der Waals surface area contributed by atoms with Crippen LogP contribution in [0.4, 0.5) is 0 Å². The Bertz CT molecular complexity index is 245. The Balaban J connectivity index is 2.26. The van der Waals surface area contributed by atoms with Crippen molar-refractivity contribution in [3.63, 3.8) is 0 Å². The number of carbonyl (C=O) groups excluding carboxylic acids is 1. The molecule has 106 valence electrons. The second-order valence-electron chi connectivity index (χ2n) is 5.21. The number of unbranched alkanes of at least 4 members (excludes halogenated alkanes) is 4. The summed E-state index contributed by atoms with van der Waals surface area (Å²) in [6.07, 6.45) is 6.66. The van der Waals surface area contributed by atoms with Crippen molar-refractivity contribution in [3.05, 3.63) is 0 Å². The van der Waals surface area contributed by atoms with Crippen molar-refractivity contribution in [1.29, 1.82) is 0 Å². The Morgan fingerprint density at radius 1 is 1.33 bits per heavy atom. The normalized spacial score (nSPS) is 23.6. The Morgan fingerprint density at radius 3 is 2.72 bits per heavy atom. The van der Waals surface area contributed by atoms with Gasteiger partial charge in [-0.1, -0.05) is 32.6 Å². The Hall–Kier alpha value is -0.610. The fourth-order valence-corrected chi connectivity index (χ4v) is 2.57. The summed E-state index contributed by atoms with van der Waals surface area (Å²) in [6, 6.07) is 0.0631. The van der Waals surface area contributed by atoms with Crippen LogP contribution in [-0.4, -0.2) is 48.3 Å². The Morgan fingerprint density at radius 2 is 2.06 bits per heavy atom. The minimum Gasteiger partial charge on any atom is -0.391 e. The summed E-state index contributed by atoms with van der Waals surface area (Å²) < 4.78 is 5.11. The first kappa shape index (κ1) is 15.4. The lowest BCUT2D eigenvalue weighted by molar-refractivity contribution is -0.133. The molecule has 1 amide bonds.